The molecular weight excluding hydrogens is 346 g/mol. The standard InChI is InChI=1S/C24H23N3O/c1-3-17-6-8-19(9-7-17)22(27-21-15-16(2)12-14-25-21)20-11-10-18-5-4-13-26-23(18)24(20)28/h4-15,22,28H,3H2,1-2H3,(H,25,27)/t22-/m1/s1. The molecule has 0 amide bonds. The van der Waals surface area contributed by atoms with Crippen LogP contribution < -0.4 is 5.32 Å². The Bertz CT molecular complexity index is 1110. The predicted molar refractivity (Wildman–Crippen MR) is 114 cm³/mol. The molecule has 140 valence electrons. The minimum atomic E-state index is -0.244. The van der Waals surface area contributed by atoms with E-state index in [0.717, 1.165) is 34.3 Å². The van der Waals surface area contributed by atoms with Gasteiger partial charge in [-0.05, 0) is 48.2 Å². The summed E-state index contributed by atoms with van der Waals surface area (Å²) in [7, 11) is 0. The average Bonchev–Trinajstić information content (AvgIpc) is 2.73. The topological polar surface area (TPSA) is 58.0 Å². The third kappa shape index (κ3) is 3.54. The molecule has 0 radical (unpaired) electrons. The van der Waals surface area contributed by atoms with Crippen LogP contribution in [0.4, 0.5) is 5.82 Å². The van der Waals surface area contributed by atoms with E-state index in [1.54, 1.807) is 12.4 Å². The van der Waals surface area contributed by atoms with Gasteiger partial charge >= 0.3 is 0 Å². The molecule has 0 aliphatic carbocycles. The zero-order valence-corrected chi connectivity index (χ0v) is 16.1. The normalized spacial score (nSPS) is 12.1. The molecule has 2 aromatic carbocycles. The number of phenolic OH excluding ortho intramolecular Hbond substituents is 1. The molecule has 0 aliphatic heterocycles. The van der Waals surface area contributed by atoms with Gasteiger partial charge in [0.05, 0.1) is 6.04 Å². The van der Waals surface area contributed by atoms with E-state index < -0.39 is 0 Å². The summed E-state index contributed by atoms with van der Waals surface area (Å²) in [6, 6.07) is 20.0. The summed E-state index contributed by atoms with van der Waals surface area (Å²) in [6.45, 7) is 4.18. The third-order valence-electron chi connectivity index (χ3n) is 5.02. The van der Waals surface area contributed by atoms with Crippen molar-refractivity contribution in [1.29, 1.82) is 0 Å². The van der Waals surface area contributed by atoms with Gasteiger partial charge in [-0.1, -0.05) is 49.4 Å². The van der Waals surface area contributed by atoms with Crippen molar-refractivity contribution >= 4 is 16.7 Å². The van der Waals surface area contributed by atoms with Crippen LogP contribution in [0.3, 0.4) is 0 Å². The molecule has 0 saturated heterocycles. The average molecular weight is 369 g/mol. The number of hydrogen-bond acceptors (Lipinski definition) is 4. The highest BCUT2D eigenvalue weighted by Crippen LogP contribution is 2.36. The van der Waals surface area contributed by atoms with Crippen molar-refractivity contribution in [2.45, 2.75) is 26.3 Å². The van der Waals surface area contributed by atoms with E-state index in [1.807, 2.05) is 43.3 Å². The molecule has 28 heavy (non-hydrogen) atoms. The van der Waals surface area contributed by atoms with Crippen molar-refractivity contribution in [1.82, 2.24) is 9.97 Å². The van der Waals surface area contributed by atoms with E-state index in [9.17, 15) is 5.11 Å². The van der Waals surface area contributed by atoms with Crippen molar-refractivity contribution in [3.63, 3.8) is 0 Å². The second-order valence-electron chi connectivity index (χ2n) is 6.97. The third-order valence-corrected chi connectivity index (χ3v) is 5.02. The number of phenols is 1. The van der Waals surface area contributed by atoms with Gasteiger partial charge in [0.25, 0.3) is 0 Å². The Labute approximate surface area is 164 Å². The van der Waals surface area contributed by atoms with Gasteiger partial charge in [0, 0.05) is 23.3 Å². The molecule has 2 heterocycles. The fraction of sp³-hybridized carbons (Fsp3) is 0.167. The van der Waals surface area contributed by atoms with E-state index in [0.29, 0.717) is 5.52 Å². The van der Waals surface area contributed by atoms with Gasteiger partial charge in [-0.15, -0.1) is 0 Å². The number of aromatic hydroxyl groups is 1. The number of aryl methyl sites for hydroxylation is 2. The van der Waals surface area contributed by atoms with E-state index in [2.05, 4.69) is 46.5 Å². The molecule has 4 aromatic rings. The molecule has 1 atom stereocenters. The summed E-state index contributed by atoms with van der Waals surface area (Å²) in [5, 5.41) is 15.4. The van der Waals surface area contributed by atoms with E-state index in [4.69, 9.17) is 0 Å². The first-order valence-corrected chi connectivity index (χ1v) is 9.50. The first-order valence-electron chi connectivity index (χ1n) is 9.50. The van der Waals surface area contributed by atoms with E-state index in [-0.39, 0.29) is 11.8 Å². The monoisotopic (exact) mass is 369 g/mol. The van der Waals surface area contributed by atoms with Crippen molar-refractivity contribution in [3.8, 4) is 5.75 Å². The summed E-state index contributed by atoms with van der Waals surface area (Å²) < 4.78 is 0. The summed E-state index contributed by atoms with van der Waals surface area (Å²) >= 11 is 0. The van der Waals surface area contributed by atoms with Crippen LogP contribution in [0.5, 0.6) is 5.75 Å². The molecule has 0 spiro atoms. The molecule has 0 saturated carbocycles. The summed E-state index contributed by atoms with van der Waals surface area (Å²) in [4.78, 5) is 8.82. The zero-order valence-electron chi connectivity index (χ0n) is 16.1. The quantitative estimate of drug-likeness (QED) is 0.494. The maximum Gasteiger partial charge on any atom is 0.147 e. The van der Waals surface area contributed by atoms with Gasteiger partial charge < -0.3 is 10.4 Å². The Morgan fingerprint density at radius 2 is 1.79 bits per heavy atom. The Balaban J connectivity index is 1.83. The second kappa shape index (κ2) is 7.69. The lowest BCUT2D eigenvalue weighted by Gasteiger charge is -2.22. The first-order chi connectivity index (χ1) is 13.7. The Morgan fingerprint density at radius 1 is 0.964 bits per heavy atom. The molecule has 0 bridgehead atoms. The molecular formula is C24H23N3O. The van der Waals surface area contributed by atoms with Crippen molar-refractivity contribution in [2.75, 3.05) is 5.32 Å². The fourth-order valence-corrected chi connectivity index (χ4v) is 3.43. The molecule has 2 aromatic heterocycles. The van der Waals surface area contributed by atoms with Crippen LogP contribution in [-0.4, -0.2) is 15.1 Å². The summed E-state index contributed by atoms with van der Waals surface area (Å²) in [6.07, 6.45) is 4.48. The predicted octanol–water partition coefficient (Wildman–Crippen LogP) is 5.41. The van der Waals surface area contributed by atoms with Gasteiger partial charge in [0.1, 0.15) is 17.1 Å². The molecule has 0 unspecified atom stereocenters. The van der Waals surface area contributed by atoms with Crippen LogP contribution in [0.25, 0.3) is 10.9 Å². The largest absolute Gasteiger partial charge is 0.505 e. The molecule has 4 nitrogen and oxygen atoms in total. The van der Waals surface area contributed by atoms with Crippen LogP contribution in [0.15, 0.2) is 73.1 Å². The maximum atomic E-state index is 11.0. The van der Waals surface area contributed by atoms with Crippen molar-refractivity contribution < 1.29 is 5.11 Å². The number of nitrogens with one attached hydrogen (secondary N) is 1. The lowest BCUT2D eigenvalue weighted by atomic mass is 9.95. The first kappa shape index (κ1) is 18.0. The number of hydrogen-bond donors (Lipinski definition) is 2. The zero-order chi connectivity index (χ0) is 19.5. The number of anilines is 1. The van der Waals surface area contributed by atoms with Crippen LogP contribution in [0.1, 0.15) is 35.2 Å². The lowest BCUT2D eigenvalue weighted by molar-refractivity contribution is 0.471. The van der Waals surface area contributed by atoms with Gasteiger partial charge in [-0.25, -0.2) is 4.98 Å². The Morgan fingerprint density at radius 3 is 2.54 bits per heavy atom. The highest BCUT2D eigenvalue weighted by atomic mass is 16.3. The van der Waals surface area contributed by atoms with Gasteiger partial charge in [-0.3, -0.25) is 4.98 Å². The fourth-order valence-electron chi connectivity index (χ4n) is 3.43. The lowest BCUT2D eigenvalue weighted by Crippen LogP contribution is -2.14. The van der Waals surface area contributed by atoms with E-state index >= 15 is 0 Å². The number of rotatable bonds is 5. The summed E-state index contributed by atoms with van der Waals surface area (Å²) in [5.74, 6) is 0.966. The van der Waals surface area contributed by atoms with Crippen LogP contribution >= 0.6 is 0 Å². The highest BCUT2D eigenvalue weighted by molar-refractivity contribution is 5.86. The number of fused-ring (bicyclic) bond motifs is 1. The molecule has 4 heteroatoms. The van der Waals surface area contributed by atoms with Gasteiger partial charge in [-0.2, -0.15) is 0 Å². The second-order valence-corrected chi connectivity index (χ2v) is 6.97. The SMILES string of the molecule is CCc1ccc([C@@H](Nc2cc(C)ccn2)c2ccc3cccnc3c2O)cc1. The number of aromatic nitrogens is 2. The van der Waals surface area contributed by atoms with Crippen LogP contribution in [0.2, 0.25) is 0 Å². The molecule has 0 fully saturated rings. The Kier molecular flexibility index (Phi) is 4.94. The summed E-state index contributed by atoms with van der Waals surface area (Å²) in [5.41, 5.74) is 4.85. The van der Waals surface area contributed by atoms with Crippen molar-refractivity contribution in [2.24, 2.45) is 0 Å². The number of benzene rings is 2. The molecule has 2 N–H and O–H groups in total. The molecule has 0 aliphatic rings. The maximum absolute atomic E-state index is 11.0. The molecule has 4 rings (SSSR count). The number of nitrogens with zero attached hydrogens (tertiary/aromatic N) is 2. The Hall–Kier alpha value is -3.40. The van der Waals surface area contributed by atoms with Gasteiger partial charge in [0.15, 0.2) is 0 Å². The van der Waals surface area contributed by atoms with Crippen LogP contribution in [0, 0.1) is 6.92 Å². The van der Waals surface area contributed by atoms with Gasteiger partial charge in [0.2, 0.25) is 0 Å². The number of pyridine rings is 2. The smallest absolute Gasteiger partial charge is 0.147 e. The minimum absolute atomic E-state index is 0.197. The minimum Gasteiger partial charge on any atom is -0.505 e. The van der Waals surface area contributed by atoms with E-state index in [1.165, 1.54) is 5.56 Å². The highest BCUT2D eigenvalue weighted by Gasteiger charge is 2.20. The van der Waals surface area contributed by atoms with Crippen LogP contribution in [-0.2, 0) is 6.42 Å². The van der Waals surface area contributed by atoms with Crippen molar-refractivity contribution in [3.05, 3.63) is 95.3 Å².